The van der Waals surface area contributed by atoms with E-state index in [2.05, 4.69) is 19.4 Å². The molecule has 1 rings (SSSR count). The van der Waals surface area contributed by atoms with Crippen molar-refractivity contribution < 1.29 is 8.42 Å². The number of aromatic nitrogens is 2. The van der Waals surface area contributed by atoms with Crippen molar-refractivity contribution >= 4 is 27.6 Å². The van der Waals surface area contributed by atoms with Crippen LogP contribution in [0.3, 0.4) is 0 Å². The van der Waals surface area contributed by atoms with Crippen molar-refractivity contribution in [2.24, 2.45) is 0 Å². The fourth-order valence-corrected chi connectivity index (χ4v) is 1.95. The Bertz CT molecular complexity index is 423. The molecule has 0 saturated carbocycles. The molecule has 1 aromatic heterocycles. The Kier molecular flexibility index (Phi) is 4.25. The van der Waals surface area contributed by atoms with Crippen molar-refractivity contribution in [1.29, 1.82) is 0 Å². The minimum Gasteiger partial charge on any atom is -0.252 e. The fourth-order valence-electron chi connectivity index (χ4n) is 0.789. The first kappa shape index (κ1) is 12.2. The molecule has 0 fully saturated rings. The summed E-state index contributed by atoms with van der Waals surface area (Å²) in [5.41, 5.74) is 0. The highest BCUT2D eigenvalue weighted by Gasteiger charge is 2.11. The molecular formula is C7H11ClN4O2S. The molecule has 0 bridgehead atoms. The summed E-state index contributed by atoms with van der Waals surface area (Å²) in [7, 11) is -3.61. The predicted molar refractivity (Wildman–Crippen MR) is 57.9 cm³/mol. The monoisotopic (exact) mass is 250 g/mol. The molecule has 0 saturated heterocycles. The SMILES string of the molecule is CCCNS(=O)(=O)Nc1nccnc1Cl. The molecule has 0 radical (unpaired) electrons. The van der Waals surface area contributed by atoms with E-state index in [1.165, 1.54) is 12.4 Å². The highest BCUT2D eigenvalue weighted by Crippen LogP contribution is 2.14. The van der Waals surface area contributed by atoms with Crippen LogP contribution in [-0.2, 0) is 10.2 Å². The zero-order valence-corrected chi connectivity index (χ0v) is 9.64. The summed E-state index contributed by atoms with van der Waals surface area (Å²) in [6, 6.07) is 0. The maximum Gasteiger partial charge on any atom is 0.300 e. The van der Waals surface area contributed by atoms with Gasteiger partial charge in [0.15, 0.2) is 11.0 Å². The van der Waals surface area contributed by atoms with Gasteiger partial charge in [0.2, 0.25) is 0 Å². The van der Waals surface area contributed by atoms with Gasteiger partial charge < -0.3 is 0 Å². The Morgan fingerprint density at radius 2 is 2.07 bits per heavy atom. The lowest BCUT2D eigenvalue weighted by Gasteiger charge is -2.07. The Labute approximate surface area is 93.3 Å². The van der Waals surface area contributed by atoms with Gasteiger partial charge in [-0.05, 0) is 6.42 Å². The van der Waals surface area contributed by atoms with Gasteiger partial charge in [0.25, 0.3) is 10.2 Å². The van der Waals surface area contributed by atoms with Crippen molar-refractivity contribution in [3.05, 3.63) is 17.5 Å². The standard InChI is InChI=1S/C7H11ClN4O2S/c1-2-3-11-15(13,14)12-7-6(8)9-4-5-10-7/h4-5,11H,2-3H2,1H3,(H,10,12). The summed E-state index contributed by atoms with van der Waals surface area (Å²) in [5.74, 6) is 0.0165. The van der Waals surface area contributed by atoms with E-state index in [-0.39, 0.29) is 11.0 Å². The molecule has 0 aliphatic heterocycles. The van der Waals surface area contributed by atoms with Gasteiger partial charge in [-0.15, -0.1) is 0 Å². The van der Waals surface area contributed by atoms with E-state index < -0.39 is 10.2 Å². The van der Waals surface area contributed by atoms with E-state index in [4.69, 9.17) is 11.6 Å². The normalized spacial score (nSPS) is 11.3. The second-order valence-corrected chi connectivity index (χ2v) is 4.55. The lowest BCUT2D eigenvalue weighted by atomic mass is 10.5. The molecule has 84 valence electrons. The molecule has 1 heterocycles. The van der Waals surface area contributed by atoms with E-state index in [0.29, 0.717) is 13.0 Å². The number of halogens is 1. The molecule has 0 unspecified atom stereocenters. The summed E-state index contributed by atoms with van der Waals surface area (Å²) < 4.78 is 27.2. The van der Waals surface area contributed by atoms with Gasteiger partial charge in [0.1, 0.15) is 0 Å². The van der Waals surface area contributed by atoms with Gasteiger partial charge >= 0.3 is 0 Å². The van der Waals surface area contributed by atoms with Crippen molar-refractivity contribution in [2.75, 3.05) is 11.3 Å². The summed E-state index contributed by atoms with van der Waals surface area (Å²) in [4.78, 5) is 7.44. The van der Waals surface area contributed by atoms with Gasteiger partial charge in [-0.1, -0.05) is 18.5 Å². The number of hydrogen-bond donors (Lipinski definition) is 2. The molecule has 15 heavy (non-hydrogen) atoms. The number of anilines is 1. The molecule has 0 aliphatic rings. The Morgan fingerprint density at radius 3 is 2.67 bits per heavy atom. The van der Waals surface area contributed by atoms with Crippen molar-refractivity contribution in [3.63, 3.8) is 0 Å². The maximum absolute atomic E-state index is 11.4. The van der Waals surface area contributed by atoms with E-state index in [9.17, 15) is 8.42 Å². The number of nitrogens with one attached hydrogen (secondary N) is 2. The average Bonchev–Trinajstić information content (AvgIpc) is 2.18. The summed E-state index contributed by atoms with van der Waals surface area (Å²) in [5, 5.41) is 0.0133. The first-order valence-electron chi connectivity index (χ1n) is 4.29. The maximum atomic E-state index is 11.4. The van der Waals surface area contributed by atoms with Gasteiger partial charge in [0, 0.05) is 18.9 Å². The van der Waals surface area contributed by atoms with Crippen LogP contribution in [0.2, 0.25) is 5.15 Å². The third-order valence-corrected chi connectivity index (χ3v) is 2.75. The van der Waals surface area contributed by atoms with E-state index in [1.54, 1.807) is 0 Å². The van der Waals surface area contributed by atoms with Crippen LogP contribution < -0.4 is 9.44 Å². The molecule has 0 aliphatic carbocycles. The van der Waals surface area contributed by atoms with Crippen LogP contribution in [0.5, 0.6) is 0 Å². The minimum atomic E-state index is -3.61. The van der Waals surface area contributed by atoms with Crippen LogP contribution in [0, 0.1) is 0 Å². The summed E-state index contributed by atoms with van der Waals surface area (Å²) >= 11 is 5.64. The molecule has 0 amide bonds. The van der Waals surface area contributed by atoms with E-state index in [1.807, 2.05) is 6.92 Å². The first-order chi connectivity index (χ1) is 7.05. The van der Waals surface area contributed by atoms with Crippen LogP contribution in [0.15, 0.2) is 12.4 Å². The molecular weight excluding hydrogens is 240 g/mol. The van der Waals surface area contributed by atoms with Gasteiger partial charge in [-0.25, -0.2) is 9.97 Å². The van der Waals surface area contributed by atoms with Crippen molar-refractivity contribution in [2.45, 2.75) is 13.3 Å². The van der Waals surface area contributed by atoms with Gasteiger partial charge in [0.05, 0.1) is 0 Å². The predicted octanol–water partition coefficient (Wildman–Crippen LogP) is 0.786. The number of rotatable bonds is 5. The molecule has 0 spiro atoms. The first-order valence-corrected chi connectivity index (χ1v) is 6.15. The van der Waals surface area contributed by atoms with Crippen molar-refractivity contribution in [3.8, 4) is 0 Å². The molecule has 6 nitrogen and oxygen atoms in total. The molecule has 0 aromatic carbocycles. The molecule has 0 atom stereocenters. The quantitative estimate of drug-likeness (QED) is 0.809. The zero-order valence-electron chi connectivity index (χ0n) is 8.07. The number of nitrogens with zero attached hydrogens (tertiary/aromatic N) is 2. The fraction of sp³-hybridized carbons (Fsp3) is 0.429. The van der Waals surface area contributed by atoms with Crippen LogP contribution in [0.4, 0.5) is 5.82 Å². The van der Waals surface area contributed by atoms with Crippen LogP contribution >= 0.6 is 11.6 Å². The number of hydrogen-bond acceptors (Lipinski definition) is 4. The van der Waals surface area contributed by atoms with E-state index >= 15 is 0 Å². The molecule has 1 aromatic rings. The Balaban J connectivity index is 2.74. The third kappa shape index (κ3) is 3.98. The van der Waals surface area contributed by atoms with E-state index in [0.717, 1.165) is 0 Å². The second-order valence-electron chi connectivity index (χ2n) is 2.70. The average molecular weight is 251 g/mol. The zero-order chi connectivity index (χ0) is 11.3. The van der Waals surface area contributed by atoms with Crippen LogP contribution in [0.25, 0.3) is 0 Å². The highest BCUT2D eigenvalue weighted by atomic mass is 35.5. The summed E-state index contributed by atoms with van der Waals surface area (Å²) in [6.45, 7) is 2.21. The minimum absolute atomic E-state index is 0.0133. The largest absolute Gasteiger partial charge is 0.300 e. The molecule has 8 heteroatoms. The lowest BCUT2D eigenvalue weighted by Crippen LogP contribution is -2.31. The third-order valence-electron chi connectivity index (χ3n) is 1.43. The van der Waals surface area contributed by atoms with Gasteiger partial charge in [-0.2, -0.15) is 13.1 Å². The van der Waals surface area contributed by atoms with Crippen LogP contribution in [0.1, 0.15) is 13.3 Å². The van der Waals surface area contributed by atoms with Crippen molar-refractivity contribution in [1.82, 2.24) is 14.7 Å². The second kappa shape index (κ2) is 5.24. The Morgan fingerprint density at radius 1 is 1.40 bits per heavy atom. The smallest absolute Gasteiger partial charge is 0.252 e. The van der Waals surface area contributed by atoms with Crippen LogP contribution in [-0.4, -0.2) is 24.9 Å². The molecule has 2 N–H and O–H groups in total. The Hall–Kier alpha value is -0.920. The summed E-state index contributed by atoms with van der Waals surface area (Å²) in [6.07, 6.45) is 3.43. The lowest BCUT2D eigenvalue weighted by molar-refractivity contribution is 0.586. The topological polar surface area (TPSA) is 84.0 Å². The van der Waals surface area contributed by atoms with Gasteiger partial charge in [-0.3, -0.25) is 4.72 Å². The highest BCUT2D eigenvalue weighted by molar-refractivity contribution is 7.90.